The minimum atomic E-state index is -0.423. The number of esters is 1. The van der Waals surface area contributed by atoms with Crippen LogP contribution in [0.2, 0.25) is 0 Å². The molecule has 0 aliphatic rings. The van der Waals surface area contributed by atoms with Crippen LogP contribution in [0, 0.1) is 6.92 Å². The van der Waals surface area contributed by atoms with E-state index in [1.54, 1.807) is 20.8 Å². The van der Waals surface area contributed by atoms with Crippen LogP contribution in [-0.4, -0.2) is 22.0 Å². The van der Waals surface area contributed by atoms with E-state index < -0.39 is 5.97 Å². The molecule has 0 fully saturated rings. The van der Waals surface area contributed by atoms with Crippen LogP contribution in [0.3, 0.4) is 0 Å². The van der Waals surface area contributed by atoms with Gasteiger partial charge in [-0.2, -0.15) is 0 Å². The van der Waals surface area contributed by atoms with Crippen LogP contribution in [0.15, 0.2) is 35.1 Å². The van der Waals surface area contributed by atoms with E-state index in [0.717, 1.165) is 5.56 Å². The van der Waals surface area contributed by atoms with Crippen molar-refractivity contribution in [2.24, 2.45) is 0 Å². The van der Waals surface area contributed by atoms with Crippen LogP contribution >= 0.6 is 0 Å². The molecular formula is C16H18N2O3. The Bertz CT molecular complexity index is 690. The van der Waals surface area contributed by atoms with Crippen molar-refractivity contribution in [1.82, 2.24) is 9.97 Å². The van der Waals surface area contributed by atoms with Gasteiger partial charge in [-0.05, 0) is 20.8 Å². The van der Waals surface area contributed by atoms with Crippen LogP contribution in [-0.2, 0) is 16.0 Å². The summed E-state index contributed by atoms with van der Waals surface area (Å²) in [5, 5.41) is 0. The smallest absolute Gasteiger partial charge is 0.310 e. The molecule has 0 saturated heterocycles. The lowest BCUT2D eigenvalue weighted by Gasteiger charge is -2.09. The zero-order chi connectivity index (χ0) is 15.4. The second-order valence-electron chi connectivity index (χ2n) is 5.06. The first-order valence-electron chi connectivity index (χ1n) is 6.82. The molecule has 21 heavy (non-hydrogen) atoms. The van der Waals surface area contributed by atoms with E-state index in [1.165, 1.54) is 0 Å². The Morgan fingerprint density at radius 2 is 1.95 bits per heavy atom. The third kappa shape index (κ3) is 3.78. The summed E-state index contributed by atoms with van der Waals surface area (Å²) in [5.41, 5.74) is 1.41. The highest BCUT2D eigenvalue weighted by molar-refractivity contribution is 5.73. The SMILES string of the molecule is Cc1nc(-c2ccccc2)[nH]c(=O)c1CC(=O)OC(C)C. The second kappa shape index (κ2) is 6.35. The number of ether oxygens (including phenoxy) is 1. The Morgan fingerprint density at radius 1 is 1.29 bits per heavy atom. The first kappa shape index (κ1) is 15.0. The number of benzene rings is 1. The molecule has 1 aromatic heterocycles. The molecule has 0 spiro atoms. The van der Waals surface area contributed by atoms with Gasteiger partial charge < -0.3 is 9.72 Å². The average molecular weight is 286 g/mol. The second-order valence-corrected chi connectivity index (χ2v) is 5.06. The number of rotatable bonds is 4. The molecule has 2 aromatic rings. The summed E-state index contributed by atoms with van der Waals surface area (Å²) >= 11 is 0. The summed E-state index contributed by atoms with van der Waals surface area (Å²) < 4.78 is 5.06. The molecule has 0 atom stereocenters. The number of hydrogen-bond donors (Lipinski definition) is 1. The fourth-order valence-electron chi connectivity index (χ4n) is 2.00. The van der Waals surface area contributed by atoms with Crippen molar-refractivity contribution in [3.63, 3.8) is 0 Å². The Hall–Kier alpha value is -2.43. The Kier molecular flexibility index (Phi) is 4.52. The van der Waals surface area contributed by atoms with Gasteiger partial charge in [0.2, 0.25) is 0 Å². The van der Waals surface area contributed by atoms with Gasteiger partial charge in [0.15, 0.2) is 0 Å². The molecule has 2 rings (SSSR count). The quantitative estimate of drug-likeness (QED) is 0.875. The van der Waals surface area contributed by atoms with Crippen LogP contribution < -0.4 is 5.56 Å². The molecule has 0 amide bonds. The van der Waals surface area contributed by atoms with Crippen LogP contribution in [0.1, 0.15) is 25.1 Å². The predicted molar refractivity (Wildman–Crippen MR) is 80.0 cm³/mol. The highest BCUT2D eigenvalue weighted by Crippen LogP contribution is 2.14. The average Bonchev–Trinajstić information content (AvgIpc) is 2.43. The van der Waals surface area contributed by atoms with Crippen molar-refractivity contribution in [2.75, 3.05) is 0 Å². The van der Waals surface area contributed by atoms with E-state index in [2.05, 4.69) is 9.97 Å². The lowest BCUT2D eigenvalue weighted by molar-refractivity contribution is -0.146. The molecule has 1 aromatic carbocycles. The molecule has 0 saturated carbocycles. The number of aromatic amines is 1. The summed E-state index contributed by atoms with van der Waals surface area (Å²) in [6.07, 6.45) is -0.269. The summed E-state index contributed by atoms with van der Waals surface area (Å²) in [7, 11) is 0. The third-order valence-corrected chi connectivity index (χ3v) is 2.96. The monoisotopic (exact) mass is 286 g/mol. The number of carbonyl (C=O) groups is 1. The van der Waals surface area contributed by atoms with Crippen LogP contribution in [0.4, 0.5) is 0 Å². The van der Waals surface area contributed by atoms with E-state index in [9.17, 15) is 9.59 Å². The molecule has 0 unspecified atom stereocenters. The van der Waals surface area contributed by atoms with Gasteiger partial charge in [0.05, 0.1) is 12.5 Å². The maximum Gasteiger partial charge on any atom is 0.310 e. The molecule has 5 nitrogen and oxygen atoms in total. The van der Waals surface area contributed by atoms with Gasteiger partial charge in [0.1, 0.15) is 5.82 Å². The summed E-state index contributed by atoms with van der Waals surface area (Å²) in [5.74, 6) is 0.0759. The standard InChI is InChI=1S/C16H18N2O3/c1-10(2)21-14(19)9-13-11(3)17-15(18-16(13)20)12-7-5-4-6-8-12/h4-8,10H,9H2,1-3H3,(H,17,18,20). The minimum Gasteiger partial charge on any atom is -0.463 e. The first-order chi connectivity index (χ1) is 9.97. The zero-order valence-electron chi connectivity index (χ0n) is 12.3. The summed E-state index contributed by atoms with van der Waals surface area (Å²) in [4.78, 5) is 30.9. The lowest BCUT2D eigenvalue weighted by Crippen LogP contribution is -2.23. The molecule has 1 N–H and O–H groups in total. The largest absolute Gasteiger partial charge is 0.463 e. The van der Waals surface area contributed by atoms with E-state index in [4.69, 9.17) is 4.74 Å². The molecular weight excluding hydrogens is 268 g/mol. The maximum absolute atomic E-state index is 12.2. The fraction of sp³-hybridized carbons (Fsp3) is 0.312. The molecule has 0 radical (unpaired) electrons. The molecule has 110 valence electrons. The van der Waals surface area contributed by atoms with Crippen molar-refractivity contribution in [2.45, 2.75) is 33.3 Å². The van der Waals surface area contributed by atoms with Crippen LogP contribution in [0.25, 0.3) is 11.4 Å². The lowest BCUT2D eigenvalue weighted by atomic mass is 10.1. The molecule has 0 aliphatic carbocycles. The van der Waals surface area contributed by atoms with Gasteiger partial charge in [0.25, 0.3) is 5.56 Å². The minimum absolute atomic E-state index is 0.0680. The molecule has 0 aliphatic heterocycles. The fourth-order valence-corrected chi connectivity index (χ4v) is 2.00. The van der Waals surface area contributed by atoms with Crippen molar-refractivity contribution >= 4 is 5.97 Å². The maximum atomic E-state index is 12.2. The number of nitrogens with one attached hydrogen (secondary N) is 1. The van der Waals surface area contributed by atoms with E-state index in [1.807, 2.05) is 30.3 Å². The van der Waals surface area contributed by atoms with Crippen molar-refractivity contribution in [1.29, 1.82) is 0 Å². The van der Waals surface area contributed by atoms with Crippen molar-refractivity contribution in [3.05, 3.63) is 51.9 Å². The third-order valence-electron chi connectivity index (χ3n) is 2.96. The molecule has 1 heterocycles. The Morgan fingerprint density at radius 3 is 2.52 bits per heavy atom. The number of hydrogen-bond acceptors (Lipinski definition) is 4. The van der Waals surface area contributed by atoms with Crippen LogP contribution in [0.5, 0.6) is 0 Å². The number of aryl methyl sites for hydroxylation is 1. The summed E-state index contributed by atoms with van der Waals surface area (Å²) in [6.45, 7) is 5.26. The Balaban J connectivity index is 2.30. The number of aromatic nitrogens is 2. The van der Waals surface area contributed by atoms with Gasteiger partial charge in [-0.3, -0.25) is 9.59 Å². The Labute approximate surface area is 123 Å². The topological polar surface area (TPSA) is 72.0 Å². The predicted octanol–water partition coefficient (Wildman–Crippen LogP) is 2.24. The van der Waals surface area contributed by atoms with Gasteiger partial charge in [0, 0.05) is 16.8 Å². The van der Waals surface area contributed by atoms with Crippen molar-refractivity contribution < 1.29 is 9.53 Å². The van der Waals surface area contributed by atoms with Gasteiger partial charge in [-0.25, -0.2) is 4.98 Å². The van der Waals surface area contributed by atoms with Gasteiger partial charge in [-0.15, -0.1) is 0 Å². The number of carbonyl (C=O) groups excluding carboxylic acids is 1. The zero-order valence-corrected chi connectivity index (χ0v) is 12.3. The number of H-pyrrole nitrogens is 1. The van der Waals surface area contributed by atoms with E-state index >= 15 is 0 Å². The molecule has 5 heteroatoms. The van der Waals surface area contributed by atoms with Gasteiger partial charge >= 0.3 is 5.97 Å². The van der Waals surface area contributed by atoms with Gasteiger partial charge in [-0.1, -0.05) is 30.3 Å². The first-order valence-corrected chi connectivity index (χ1v) is 6.82. The normalized spacial score (nSPS) is 10.7. The van der Waals surface area contributed by atoms with E-state index in [-0.39, 0.29) is 18.1 Å². The highest BCUT2D eigenvalue weighted by atomic mass is 16.5. The van der Waals surface area contributed by atoms with E-state index in [0.29, 0.717) is 17.1 Å². The number of nitrogens with zero attached hydrogens (tertiary/aromatic N) is 1. The summed E-state index contributed by atoms with van der Waals surface area (Å²) in [6, 6.07) is 9.37. The highest BCUT2D eigenvalue weighted by Gasteiger charge is 2.15. The molecule has 0 bridgehead atoms. The van der Waals surface area contributed by atoms with Crippen molar-refractivity contribution in [3.8, 4) is 11.4 Å².